The van der Waals surface area contributed by atoms with Crippen LogP contribution in [0.25, 0.3) is 0 Å². The molecule has 1 fully saturated rings. The molecule has 0 amide bonds. The van der Waals surface area contributed by atoms with Gasteiger partial charge < -0.3 is 10.4 Å². The first-order valence-corrected chi connectivity index (χ1v) is 6.52. The molecule has 1 aliphatic heterocycles. The Kier molecular flexibility index (Phi) is 4.55. The van der Waals surface area contributed by atoms with E-state index in [9.17, 15) is 9.50 Å². The number of alkyl halides is 1. The second kappa shape index (κ2) is 6.16. The van der Waals surface area contributed by atoms with E-state index in [-0.39, 0.29) is 12.7 Å². The van der Waals surface area contributed by atoms with E-state index in [4.69, 9.17) is 0 Å². The van der Waals surface area contributed by atoms with E-state index in [1.54, 1.807) is 6.07 Å². The summed E-state index contributed by atoms with van der Waals surface area (Å²) in [5, 5.41) is 12.9. The van der Waals surface area contributed by atoms with Crippen molar-refractivity contribution in [3.05, 3.63) is 29.3 Å². The number of phenols is 1. The Hall–Kier alpha value is -1.13. The van der Waals surface area contributed by atoms with Gasteiger partial charge in [0.15, 0.2) is 0 Å². The second-order valence-electron chi connectivity index (χ2n) is 4.83. The third-order valence-corrected chi connectivity index (χ3v) is 3.58. The molecule has 1 saturated heterocycles. The maximum Gasteiger partial charge on any atom is 0.118 e. The second-order valence-corrected chi connectivity index (χ2v) is 4.83. The number of rotatable bonds is 4. The molecule has 3 nitrogen and oxygen atoms in total. The SMILES string of the molecule is Cc1cc([C@H](CCF)N2CCNCC2)ccc1O. The van der Waals surface area contributed by atoms with Gasteiger partial charge in [0, 0.05) is 32.2 Å². The summed E-state index contributed by atoms with van der Waals surface area (Å²) in [6.45, 7) is 5.38. The predicted octanol–water partition coefficient (Wildman–Crippen LogP) is 2.01. The molecule has 2 rings (SSSR count). The number of aryl methyl sites for hydroxylation is 1. The van der Waals surface area contributed by atoms with Gasteiger partial charge in [-0.3, -0.25) is 9.29 Å². The molecular formula is C14H21FN2O. The van der Waals surface area contributed by atoms with Gasteiger partial charge in [0.1, 0.15) is 5.75 Å². The molecule has 2 N–H and O–H groups in total. The lowest BCUT2D eigenvalue weighted by Crippen LogP contribution is -2.45. The lowest BCUT2D eigenvalue weighted by atomic mass is 9.99. The molecule has 4 heteroatoms. The van der Waals surface area contributed by atoms with Crippen LogP contribution in [0.4, 0.5) is 4.39 Å². The quantitative estimate of drug-likeness (QED) is 0.860. The summed E-state index contributed by atoms with van der Waals surface area (Å²) >= 11 is 0. The normalized spacial score (nSPS) is 18.8. The molecule has 1 atom stereocenters. The summed E-state index contributed by atoms with van der Waals surface area (Å²) in [5.74, 6) is 0.304. The minimum atomic E-state index is -0.311. The Balaban J connectivity index is 2.19. The highest BCUT2D eigenvalue weighted by Gasteiger charge is 2.22. The molecule has 0 aliphatic carbocycles. The van der Waals surface area contributed by atoms with Crippen LogP contribution in [0, 0.1) is 6.92 Å². The molecule has 18 heavy (non-hydrogen) atoms. The van der Waals surface area contributed by atoms with Crippen LogP contribution in [0.15, 0.2) is 18.2 Å². The molecule has 0 saturated carbocycles. The van der Waals surface area contributed by atoms with E-state index in [1.807, 2.05) is 19.1 Å². The number of piperazine rings is 1. The fourth-order valence-electron chi connectivity index (χ4n) is 2.54. The summed E-state index contributed by atoms with van der Waals surface area (Å²) < 4.78 is 12.8. The summed E-state index contributed by atoms with van der Waals surface area (Å²) in [5.41, 5.74) is 1.95. The van der Waals surface area contributed by atoms with E-state index in [0.717, 1.165) is 37.3 Å². The monoisotopic (exact) mass is 252 g/mol. The standard InChI is InChI=1S/C14H21FN2O/c1-11-10-12(2-3-14(11)18)13(4-5-15)17-8-6-16-7-9-17/h2-3,10,13,16,18H,4-9H2,1H3/t13-/m0/s1. The minimum Gasteiger partial charge on any atom is -0.508 e. The number of nitrogens with zero attached hydrogens (tertiary/aromatic N) is 1. The van der Waals surface area contributed by atoms with Gasteiger partial charge in [0.05, 0.1) is 6.67 Å². The van der Waals surface area contributed by atoms with Gasteiger partial charge in [-0.2, -0.15) is 0 Å². The molecule has 1 aromatic carbocycles. The van der Waals surface area contributed by atoms with Crippen LogP contribution in [0.1, 0.15) is 23.6 Å². The van der Waals surface area contributed by atoms with Crippen molar-refractivity contribution in [1.29, 1.82) is 0 Å². The number of nitrogens with one attached hydrogen (secondary N) is 1. The molecule has 1 heterocycles. The topological polar surface area (TPSA) is 35.5 Å². The van der Waals surface area contributed by atoms with Gasteiger partial charge in [-0.05, 0) is 30.5 Å². The van der Waals surface area contributed by atoms with E-state index in [1.165, 1.54) is 0 Å². The summed E-state index contributed by atoms with van der Waals surface area (Å²) in [4.78, 5) is 2.32. The molecule has 1 aromatic rings. The van der Waals surface area contributed by atoms with Gasteiger partial charge in [0.25, 0.3) is 0 Å². The summed E-state index contributed by atoms with van der Waals surface area (Å²) in [6, 6.07) is 5.71. The third kappa shape index (κ3) is 3.00. The van der Waals surface area contributed by atoms with Gasteiger partial charge in [-0.1, -0.05) is 12.1 Å². The smallest absolute Gasteiger partial charge is 0.118 e. The molecular weight excluding hydrogens is 231 g/mol. The van der Waals surface area contributed by atoms with E-state index < -0.39 is 0 Å². The van der Waals surface area contributed by atoms with Crippen molar-refractivity contribution in [3.8, 4) is 5.75 Å². The van der Waals surface area contributed by atoms with Crippen molar-refractivity contribution in [2.24, 2.45) is 0 Å². The van der Waals surface area contributed by atoms with Crippen molar-refractivity contribution in [2.45, 2.75) is 19.4 Å². The number of hydrogen-bond acceptors (Lipinski definition) is 3. The number of halogens is 1. The van der Waals surface area contributed by atoms with Crippen molar-refractivity contribution in [1.82, 2.24) is 10.2 Å². The van der Waals surface area contributed by atoms with Crippen LogP contribution in [0.2, 0.25) is 0 Å². The van der Waals surface area contributed by atoms with Crippen LogP contribution >= 0.6 is 0 Å². The molecule has 0 radical (unpaired) electrons. The average molecular weight is 252 g/mol. The molecule has 1 aliphatic rings. The van der Waals surface area contributed by atoms with Gasteiger partial charge in [-0.25, -0.2) is 0 Å². The molecule has 0 unspecified atom stereocenters. The van der Waals surface area contributed by atoms with Crippen LogP contribution < -0.4 is 5.32 Å². The maximum atomic E-state index is 12.8. The van der Waals surface area contributed by atoms with Crippen LogP contribution in [-0.2, 0) is 0 Å². The van der Waals surface area contributed by atoms with E-state index in [2.05, 4.69) is 10.2 Å². The van der Waals surface area contributed by atoms with Gasteiger partial charge >= 0.3 is 0 Å². The first-order valence-electron chi connectivity index (χ1n) is 6.52. The number of benzene rings is 1. The highest BCUT2D eigenvalue weighted by molar-refractivity contribution is 5.36. The number of aromatic hydroxyl groups is 1. The van der Waals surface area contributed by atoms with Crippen LogP contribution in [-0.4, -0.2) is 42.9 Å². The summed E-state index contributed by atoms with van der Waals surface area (Å²) in [7, 11) is 0. The fourth-order valence-corrected chi connectivity index (χ4v) is 2.54. The fraction of sp³-hybridized carbons (Fsp3) is 0.571. The Morgan fingerprint density at radius 1 is 1.39 bits per heavy atom. The van der Waals surface area contributed by atoms with Gasteiger partial charge in [0.2, 0.25) is 0 Å². The lowest BCUT2D eigenvalue weighted by Gasteiger charge is -2.35. The zero-order valence-corrected chi connectivity index (χ0v) is 10.8. The van der Waals surface area contributed by atoms with Crippen molar-refractivity contribution < 1.29 is 9.50 Å². The summed E-state index contributed by atoms with van der Waals surface area (Å²) in [6.07, 6.45) is 0.518. The first-order chi connectivity index (χ1) is 8.72. The highest BCUT2D eigenvalue weighted by Crippen LogP contribution is 2.28. The van der Waals surface area contributed by atoms with Crippen LogP contribution in [0.3, 0.4) is 0 Å². The zero-order chi connectivity index (χ0) is 13.0. The minimum absolute atomic E-state index is 0.122. The Morgan fingerprint density at radius 2 is 2.11 bits per heavy atom. The third-order valence-electron chi connectivity index (χ3n) is 3.58. The maximum absolute atomic E-state index is 12.8. The Bertz CT molecular complexity index is 391. The zero-order valence-electron chi connectivity index (χ0n) is 10.8. The van der Waals surface area contributed by atoms with Gasteiger partial charge in [-0.15, -0.1) is 0 Å². The van der Waals surface area contributed by atoms with Crippen molar-refractivity contribution in [3.63, 3.8) is 0 Å². The highest BCUT2D eigenvalue weighted by atomic mass is 19.1. The molecule has 0 aromatic heterocycles. The Morgan fingerprint density at radius 3 is 2.72 bits per heavy atom. The largest absolute Gasteiger partial charge is 0.508 e. The molecule has 0 bridgehead atoms. The van der Waals surface area contributed by atoms with Crippen molar-refractivity contribution in [2.75, 3.05) is 32.9 Å². The number of phenolic OH excluding ortho intramolecular Hbond substituents is 1. The predicted molar refractivity (Wildman–Crippen MR) is 70.6 cm³/mol. The average Bonchev–Trinajstić information content (AvgIpc) is 2.40. The number of hydrogen-bond donors (Lipinski definition) is 2. The first kappa shape index (κ1) is 13.3. The molecule has 0 spiro atoms. The molecule has 100 valence electrons. The lowest BCUT2D eigenvalue weighted by molar-refractivity contribution is 0.157. The van der Waals surface area contributed by atoms with Crippen molar-refractivity contribution >= 4 is 0 Å². The van der Waals surface area contributed by atoms with E-state index in [0.29, 0.717) is 12.2 Å². The van der Waals surface area contributed by atoms with Crippen LogP contribution in [0.5, 0.6) is 5.75 Å². The Labute approximate surface area is 108 Å². The van der Waals surface area contributed by atoms with E-state index >= 15 is 0 Å².